The van der Waals surface area contributed by atoms with Gasteiger partial charge in [0.25, 0.3) is 5.91 Å². The van der Waals surface area contributed by atoms with Gasteiger partial charge in [0.2, 0.25) is 10.0 Å². The molecule has 0 radical (unpaired) electrons. The highest BCUT2D eigenvalue weighted by atomic mass is 32.2. The number of nitrogens with one attached hydrogen (secondary N) is 1. The molecule has 0 saturated heterocycles. The Morgan fingerprint density at radius 2 is 1.75 bits per heavy atom. The molecule has 1 aromatic heterocycles. The highest BCUT2D eigenvalue weighted by molar-refractivity contribution is 7.89. The van der Waals surface area contributed by atoms with Gasteiger partial charge in [-0.3, -0.25) is 9.48 Å². The van der Waals surface area contributed by atoms with Gasteiger partial charge >= 0.3 is 0 Å². The molecular weight excluding hydrogens is 376 g/mol. The molecule has 3 N–H and O–H groups in total. The van der Waals surface area contributed by atoms with Gasteiger partial charge in [-0.15, -0.1) is 0 Å². The number of aryl methyl sites for hydroxylation is 2. The van der Waals surface area contributed by atoms with Crippen molar-refractivity contribution in [1.29, 1.82) is 0 Å². The standard InChI is InChI=1S/C20H22N4O3S/c1-14-3-7-16(8-4-14)19-13-18(23-24(19)2)20(25)22-12-11-15-5-9-17(10-6-15)28(21,26)27/h3-10,13H,11-12H2,1-2H3,(H,22,25)(H2,21,26,27). The van der Waals surface area contributed by atoms with Crippen LogP contribution >= 0.6 is 0 Å². The number of hydrogen-bond acceptors (Lipinski definition) is 4. The van der Waals surface area contributed by atoms with Gasteiger partial charge in [-0.2, -0.15) is 5.10 Å². The van der Waals surface area contributed by atoms with Crippen molar-refractivity contribution in [1.82, 2.24) is 15.1 Å². The first-order valence-corrected chi connectivity index (χ1v) is 10.3. The summed E-state index contributed by atoms with van der Waals surface area (Å²) in [5.74, 6) is -0.255. The molecule has 0 fully saturated rings. The minimum absolute atomic E-state index is 0.0670. The molecule has 3 rings (SSSR count). The Morgan fingerprint density at radius 3 is 2.36 bits per heavy atom. The van der Waals surface area contributed by atoms with Crippen LogP contribution in [0.5, 0.6) is 0 Å². The van der Waals surface area contributed by atoms with Crippen molar-refractivity contribution in [3.05, 3.63) is 71.4 Å². The van der Waals surface area contributed by atoms with E-state index in [0.717, 1.165) is 16.8 Å². The molecule has 2 aromatic carbocycles. The van der Waals surface area contributed by atoms with Gasteiger partial charge in [0, 0.05) is 13.6 Å². The van der Waals surface area contributed by atoms with E-state index < -0.39 is 10.0 Å². The van der Waals surface area contributed by atoms with Gasteiger partial charge in [-0.25, -0.2) is 13.6 Å². The summed E-state index contributed by atoms with van der Waals surface area (Å²) >= 11 is 0. The Kier molecular flexibility index (Phi) is 5.62. The SMILES string of the molecule is Cc1ccc(-c2cc(C(=O)NCCc3ccc(S(N)(=O)=O)cc3)nn2C)cc1. The van der Waals surface area contributed by atoms with Crippen LogP contribution in [0, 0.1) is 6.92 Å². The zero-order chi connectivity index (χ0) is 20.3. The van der Waals surface area contributed by atoms with Crippen LogP contribution in [0.15, 0.2) is 59.5 Å². The fourth-order valence-corrected chi connectivity index (χ4v) is 3.34. The Labute approximate surface area is 164 Å². The zero-order valence-electron chi connectivity index (χ0n) is 15.7. The third-order valence-corrected chi connectivity index (χ3v) is 5.34. The number of amides is 1. The smallest absolute Gasteiger partial charge is 0.271 e. The number of nitrogens with two attached hydrogens (primary N) is 1. The van der Waals surface area contributed by atoms with E-state index in [-0.39, 0.29) is 10.8 Å². The van der Waals surface area contributed by atoms with E-state index in [0.29, 0.717) is 18.7 Å². The molecule has 0 spiro atoms. The van der Waals surface area contributed by atoms with Gasteiger partial charge in [0.1, 0.15) is 0 Å². The molecule has 0 aliphatic carbocycles. The first kappa shape index (κ1) is 19.8. The molecule has 0 aliphatic rings. The molecule has 146 valence electrons. The topological polar surface area (TPSA) is 107 Å². The summed E-state index contributed by atoms with van der Waals surface area (Å²) in [5, 5.41) is 12.2. The Hall–Kier alpha value is -2.97. The summed E-state index contributed by atoms with van der Waals surface area (Å²) in [6, 6.07) is 16.1. The van der Waals surface area contributed by atoms with E-state index in [4.69, 9.17) is 5.14 Å². The molecule has 0 bridgehead atoms. The van der Waals surface area contributed by atoms with Crippen LogP contribution in [0.4, 0.5) is 0 Å². The van der Waals surface area contributed by atoms with Crippen LogP contribution in [-0.4, -0.2) is 30.7 Å². The number of carbonyl (C=O) groups is 1. The lowest BCUT2D eigenvalue weighted by atomic mass is 10.1. The number of hydrogen-bond donors (Lipinski definition) is 2. The van der Waals surface area contributed by atoms with E-state index in [1.165, 1.54) is 17.7 Å². The number of rotatable bonds is 6. The molecule has 3 aromatic rings. The monoisotopic (exact) mass is 398 g/mol. The quantitative estimate of drug-likeness (QED) is 0.662. The highest BCUT2D eigenvalue weighted by Crippen LogP contribution is 2.20. The first-order valence-electron chi connectivity index (χ1n) is 8.75. The third-order valence-electron chi connectivity index (χ3n) is 4.41. The molecule has 7 nitrogen and oxygen atoms in total. The molecule has 8 heteroatoms. The fourth-order valence-electron chi connectivity index (χ4n) is 2.83. The summed E-state index contributed by atoms with van der Waals surface area (Å²) in [5.41, 5.74) is 4.27. The van der Waals surface area contributed by atoms with Crippen molar-refractivity contribution in [2.45, 2.75) is 18.2 Å². The number of carbonyl (C=O) groups excluding carboxylic acids is 1. The summed E-state index contributed by atoms with van der Waals surface area (Å²) in [6.45, 7) is 2.43. The maximum Gasteiger partial charge on any atom is 0.271 e. The number of aromatic nitrogens is 2. The van der Waals surface area contributed by atoms with Crippen molar-refractivity contribution in [2.75, 3.05) is 6.54 Å². The van der Waals surface area contributed by atoms with Crippen LogP contribution < -0.4 is 10.5 Å². The largest absolute Gasteiger partial charge is 0.350 e. The van der Waals surface area contributed by atoms with Gasteiger partial charge in [-0.05, 0) is 42.7 Å². The maximum atomic E-state index is 12.4. The maximum absolute atomic E-state index is 12.4. The second-order valence-electron chi connectivity index (χ2n) is 6.60. The summed E-state index contributed by atoms with van der Waals surface area (Å²) in [6.07, 6.45) is 0.564. The second-order valence-corrected chi connectivity index (χ2v) is 8.16. The number of sulfonamides is 1. The molecule has 1 amide bonds. The normalized spacial score (nSPS) is 11.4. The molecule has 28 heavy (non-hydrogen) atoms. The third kappa shape index (κ3) is 4.65. The molecule has 0 unspecified atom stereocenters. The number of primary sulfonamides is 1. The number of nitrogens with zero attached hydrogens (tertiary/aromatic N) is 2. The lowest BCUT2D eigenvalue weighted by molar-refractivity contribution is 0.0948. The average Bonchev–Trinajstić information content (AvgIpc) is 3.04. The predicted octanol–water partition coefficient (Wildman–Crippen LogP) is 2.02. The fraction of sp³-hybridized carbons (Fsp3) is 0.200. The summed E-state index contributed by atoms with van der Waals surface area (Å²) in [4.78, 5) is 12.5. The zero-order valence-corrected chi connectivity index (χ0v) is 16.5. The minimum atomic E-state index is -3.70. The van der Waals surface area contributed by atoms with Crippen LogP contribution in [-0.2, 0) is 23.5 Å². The first-order chi connectivity index (χ1) is 13.2. The van der Waals surface area contributed by atoms with Gasteiger partial charge in [0.05, 0.1) is 10.6 Å². The molecule has 1 heterocycles. The summed E-state index contributed by atoms with van der Waals surface area (Å²) < 4.78 is 24.2. The Bertz CT molecular complexity index is 1090. The highest BCUT2D eigenvalue weighted by Gasteiger charge is 2.14. The Balaban J connectivity index is 1.61. The van der Waals surface area contributed by atoms with Crippen molar-refractivity contribution in [3.8, 4) is 11.3 Å². The van der Waals surface area contributed by atoms with Crippen molar-refractivity contribution < 1.29 is 13.2 Å². The average molecular weight is 398 g/mol. The van der Waals surface area contributed by atoms with Crippen LogP contribution in [0.1, 0.15) is 21.6 Å². The molecule has 0 atom stereocenters. The van der Waals surface area contributed by atoms with Crippen LogP contribution in [0.25, 0.3) is 11.3 Å². The Morgan fingerprint density at radius 1 is 1.11 bits per heavy atom. The van der Waals surface area contributed by atoms with Gasteiger partial charge in [-0.1, -0.05) is 42.0 Å². The van der Waals surface area contributed by atoms with Crippen molar-refractivity contribution >= 4 is 15.9 Å². The van der Waals surface area contributed by atoms with Gasteiger partial charge in [0.15, 0.2) is 5.69 Å². The van der Waals surface area contributed by atoms with Crippen LogP contribution in [0.3, 0.4) is 0 Å². The minimum Gasteiger partial charge on any atom is -0.350 e. The van der Waals surface area contributed by atoms with E-state index in [2.05, 4.69) is 10.4 Å². The number of benzene rings is 2. The molecular formula is C20H22N4O3S. The van der Waals surface area contributed by atoms with Crippen LogP contribution in [0.2, 0.25) is 0 Å². The van der Waals surface area contributed by atoms with E-state index in [1.807, 2.05) is 31.2 Å². The summed E-state index contributed by atoms with van der Waals surface area (Å²) in [7, 11) is -1.89. The lowest BCUT2D eigenvalue weighted by Gasteiger charge is -2.04. The molecule has 0 saturated carbocycles. The van der Waals surface area contributed by atoms with E-state index in [9.17, 15) is 13.2 Å². The molecule has 0 aliphatic heterocycles. The van der Waals surface area contributed by atoms with Gasteiger partial charge < -0.3 is 5.32 Å². The van der Waals surface area contributed by atoms with E-state index >= 15 is 0 Å². The van der Waals surface area contributed by atoms with Crippen molar-refractivity contribution in [2.24, 2.45) is 12.2 Å². The lowest BCUT2D eigenvalue weighted by Crippen LogP contribution is -2.26. The van der Waals surface area contributed by atoms with Crippen molar-refractivity contribution in [3.63, 3.8) is 0 Å². The van der Waals surface area contributed by atoms with E-state index in [1.54, 1.807) is 29.9 Å². The second kappa shape index (κ2) is 7.95. The predicted molar refractivity (Wildman–Crippen MR) is 107 cm³/mol.